The molecule has 0 aromatic heterocycles. The summed E-state index contributed by atoms with van der Waals surface area (Å²) in [5.74, 6) is -0.179. The molecule has 0 bridgehead atoms. The minimum absolute atomic E-state index is 0.0327. The van der Waals surface area contributed by atoms with E-state index in [9.17, 15) is 9.90 Å². The van der Waals surface area contributed by atoms with Crippen molar-refractivity contribution in [3.05, 3.63) is 29.3 Å². The quantitative estimate of drug-likeness (QED) is 0.733. The highest BCUT2D eigenvalue weighted by Gasteiger charge is 2.12. The number of benzene rings is 1. The van der Waals surface area contributed by atoms with E-state index in [1.165, 1.54) is 0 Å². The molecule has 5 heteroatoms. The molecule has 1 saturated heterocycles. The zero-order valence-corrected chi connectivity index (χ0v) is 11.3. The molecule has 1 aromatic rings. The van der Waals surface area contributed by atoms with Gasteiger partial charge in [0.05, 0.1) is 5.56 Å². The summed E-state index contributed by atoms with van der Waals surface area (Å²) in [4.78, 5) is 14.3. The number of nitrogens with zero attached hydrogens (tertiary/aromatic N) is 1. The minimum Gasteiger partial charge on any atom is -0.507 e. The van der Waals surface area contributed by atoms with E-state index in [1.807, 2.05) is 6.92 Å². The van der Waals surface area contributed by atoms with Crippen LogP contribution in [0, 0.1) is 6.92 Å². The third kappa shape index (κ3) is 3.94. The van der Waals surface area contributed by atoms with Crippen molar-refractivity contribution in [1.82, 2.24) is 15.5 Å². The number of amides is 1. The lowest BCUT2D eigenvalue weighted by molar-refractivity contribution is 0.0944. The predicted octanol–water partition coefficient (Wildman–Crippen LogP) is 0.336. The van der Waals surface area contributed by atoms with Gasteiger partial charge in [-0.3, -0.25) is 9.69 Å². The van der Waals surface area contributed by atoms with Crippen LogP contribution < -0.4 is 10.6 Å². The summed E-state index contributed by atoms with van der Waals surface area (Å²) in [6, 6.07) is 5.04. The predicted molar refractivity (Wildman–Crippen MR) is 74.5 cm³/mol. The molecule has 1 aliphatic heterocycles. The molecule has 1 amide bonds. The molecule has 0 radical (unpaired) electrons. The maximum Gasteiger partial charge on any atom is 0.255 e. The molecule has 2 rings (SSSR count). The van der Waals surface area contributed by atoms with Crippen LogP contribution in [0.1, 0.15) is 15.9 Å². The maximum atomic E-state index is 12.0. The van der Waals surface area contributed by atoms with Crippen molar-refractivity contribution in [3.63, 3.8) is 0 Å². The second-order valence-corrected chi connectivity index (χ2v) is 4.87. The van der Waals surface area contributed by atoms with E-state index in [0.29, 0.717) is 12.1 Å². The van der Waals surface area contributed by atoms with E-state index >= 15 is 0 Å². The summed E-state index contributed by atoms with van der Waals surface area (Å²) in [5, 5.41) is 15.8. The molecular weight excluding hydrogens is 242 g/mol. The maximum absolute atomic E-state index is 12.0. The van der Waals surface area contributed by atoms with Gasteiger partial charge in [-0.15, -0.1) is 0 Å². The third-order valence-corrected chi connectivity index (χ3v) is 3.32. The summed E-state index contributed by atoms with van der Waals surface area (Å²) >= 11 is 0. The minimum atomic E-state index is -0.212. The van der Waals surface area contributed by atoms with Crippen molar-refractivity contribution in [3.8, 4) is 5.75 Å². The number of piperazine rings is 1. The lowest BCUT2D eigenvalue weighted by Gasteiger charge is -2.27. The van der Waals surface area contributed by atoms with Crippen LogP contribution in [0.5, 0.6) is 5.75 Å². The van der Waals surface area contributed by atoms with Crippen LogP contribution >= 0.6 is 0 Å². The number of phenolic OH excluding ortho intramolecular Hbond substituents is 1. The van der Waals surface area contributed by atoms with Crippen molar-refractivity contribution in [2.75, 3.05) is 39.3 Å². The number of carbonyl (C=O) groups excluding carboxylic acids is 1. The lowest BCUT2D eigenvalue weighted by atomic mass is 10.1. The number of hydrogen-bond donors (Lipinski definition) is 3. The molecule has 104 valence electrons. The van der Waals surface area contributed by atoms with Crippen LogP contribution in [0.4, 0.5) is 0 Å². The SMILES string of the molecule is Cc1ccc(O)c(C(=O)NCCN2CCNCC2)c1. The summed E-state index contributed by atoms with van der Waals surface area (Å²) in [5.41, 5.74) is 1.31. The smallest absolute Gasteiger partial charge is 0.255 e. The molecule has 1 heterocycles. The Morgan fingerprint density at radius 2 is 2.16 bits per heavy atom. The summed E-state index contributed by atoms with van der Waals surface area (Å²) in [7, 11) is 0. The van der Waals surface area contributed by atoms with Crippen LogP contribution in [-0.4, -0.2) is 55.2 Å². The van der Waals surface area contributed by atoms with Gasteiger partial charge in [0, 0.05) is 39.3 Å². The standard InChI is InChI=1S/C14H21N3O2/c1-11-2-3-13(18)12(10-11)14(19)16-6-9-17-7-4-15-5-8-17/h2-3,10,15,18H,4-9H2,1H3,(H,16,19). The Balaban J connectivity index is 1.82. The van der Waals surface area contributed by atoms with E-state index in [-0.39, 0.29) is 11.7 Å². The van der Waals surface area contributed by atoms with Crippen LogP contribution in [-0.2, 0) is 0 Å². The number of hydrogen-bond acceptors (Lipinski definition) is 4. The van der Waals surface area contributed by atoms with Gasteiger partial charge in [-0.1, -0.05) is 11.6 Å². The number of carbonyl (C=O) groups is 1. The summed E-state index contributed by atoms with van der Waals surface area (Å²) in [6.45, 7) is 7.40. The van der Waals surface area contributed by atoms with Crippen LogP contribution in [0.15, 0.2) is 18.2 Å². The summed E-state index contributed by atoms with van der Waals surface area (Å²) < 4.78 is 0. The van der Waals surface area contributed by atoms with Crippen molar-refractivity contribution in [1.29, 1.82) is 0 Å². The topological polar surface area (TPSA) is 64.6 Å². The average Bonchev–Trinajstić information content (AvgIpc) is 2.42. The Morgan fingerprint density at radius 3 is 2.89 bits per heavy atom. The molecule has 0 aliphatic carbocycles. The molecule has 3 N–H and O–H groups in total. The number of phenols is 1. The van der Waals surface area contributed by atoms with Gasteiger partial charge in [0.1, 0.15) is 5.75 Å². The first-order valence-electron chi connectivity index (χ1n) is 6.68. The van der Waals surface area contributed by atoms with Gasteiger partial charge >= 0.3 is 0 Å². The molecule has 19 heavy (non-hydrogen) atoms. The zero-order valence-electron chi connectivity index (χ0n) is 11.3. The molecule has 5 nitrogen and oxygen atoms in total. The third-order valence-electron chi connectivity index (χ3n) is 3.32. The number of aryl methyl sites for hydroxylation is 1. The van der Waals surface area contributed by atoms with E-state index in [2.05, 4.69) is 15.5 Å². The van der Waals surface area contributed by atoms with Crippen molar-refractivity contribution in [2.24, 2.45) is 0 Å². The summed E-state index contributed by atoms with van der Waals surface area (Å²) in [6.07, 6.45) is 0. The number of rotatable bonds is 4. The molecule has 0 saturated carbocycles. The van der Waals surface area contributed by atoms with Crippen LogP contribution in [0.3, 0.4) is 0 Å². The first-order valence-corrected chi connectivity index (χ1v) is 6.68. The van der Waals surface area contributed by atoms with Gasteiger partial charge in [-0.25, -0.2) is 0 Å². The van der Waals surface area contributed by atoms with E-state index in [1.54, 1.807) is 18.2 Å². The molecule has 0 atom stereocenters. The van der Waals surface area contributed by atoms with Crippen LogP contribution in [0.2, 0.25) is 0 Å². The van der Waals surface area contributed by atoms with Gasteiger partial charge in [-0.05, 0) is 19.1 Å². The largest absolute Gasteiger partial charge is 0.507 e. The fraction of sp³-hybridized carbons (Fsp3) is 0.500. The Labute approximate surface area is 113 Å². The van der Waals surface area contributed by atoms with Crippen molar-refractivity contribution in [2.45, 2.75) is 6.92 Å². The molecule has 1 fully saturated rings. The highest BCUT2D eigenvalue weighted by molar-refractivity contribution is 5.96. The van der Waals surface area contributed by atoms with E-state index < -0.39 is 0 Å². The first kappa shape index (κ1) is 13.8. The fourth-order valence-electron chi connectivity index (χ4n) is 2.19. The van der Waals surface area contributed by atoms with Crippen molar-refractivity contribution < 1.29 is 9.90 Å². The van der Waals surface area contributed by atoms with Gasteiger partial charge in [-0.2, -0.15) is 0 Å². The molecule has 0 unspecified atom stereocenters. The van der Waals surface area contributed by atoms with Gasteiger partial charge in [0.2, 0.25) is 0 Å². The Hall–Kier alpha value is -1.59. The van der Waals surface area contributed by atoms with Gasteiger partial charge in [0.25, 0.3) is 5.91 Å². The second-order valence-electron chi connectivity index (χ2n) is 4.87. The van der Waals surface area contributed by atoms with E-state index in [4.69, 9.17) is 0 Å². The monoisotopic (exact) mass is 263 g/mol. The molecule has 0 spiro atoms. The molecule has 1 aliphatic rings. The lowest BCUT2D eigenvalue weighted by Crippen LogP contribution is -2.46. The van der Waals surface area contributed by atoms with E-state index in [0.717, 1.165) is 38.3 Å². The molecule has 1 aromatic carbocycles. The normalized spacial score (nSPS) is 16.3. The Kier molecular flexibility index (Phi) is 4.76. The average molecular weight is 263 g/mol. The highest BCUT2D eigenvalue weighted by Crippen LogP contribution is 2.17. The number of aromatic hydroxyl groups is 1. The van der Waals surface area contributed by atoms with Crippen molar-refractivity contribution >= 4 is 5.91 Å². The Bertz CT molecular complexity index is 442. The fourth-order valence-corrected chi connectivity index (χ4v) is 2.19. The zero-order chi connectivity index (χ0) is 13.7. The molecular formula is C14H21N3O2. The highest BCUT2D eigenvalue weighted by atomic mass is 16.3. The number of nitrogens with one attached hydrogen (secondary N) is 2. The Morgan fingerprint density at radius 1 is 1.42 bits per heavy atom. The van der Waals surface area contributed by atoms with Gasteiger partial charge < -0.3 is 15.7 Å². The second kappa shape index (κ2) is 6.54. The van der Waals surface area contributed by atoms with Gasteiger partial charge in [0.15, 0.2) is 0 Å². The van der Waals surface area contributed by atoms with Crippen LogP contribution in [0.25, 0.3) is 0 Å². The first-order chi connectivity index (χ1) is 9.16.